The van der Waals surface area contributed by atoms with Gasteiger partial charge in [-0.3, -0.25) is 9.10 Å². The smallest absolute Gasteiger partial charge is 0.332 e. The van der Waals surface area contributed by atoms with Crippen LogP contribution >= 0.6 is 0 Å². The summed E-state index contributed by atoms with van der Waals surface area (Å²) in [4.78, 5) is 17.2. The van der Waals surface area contributed by atoms with Gasteiger partial charge in [0.15, 0.2) is 5.58 Å². The van der Waals surface area contributed by atoms with Crippen molar-refractivity contribution in [3.05, 3.63) is 77.1 Å². The van der Waals surface area contributed by atoms with Gasteiger partial charge in [0.2, 0.25) is 10.0 Å². The Morgan fingerprint density at radius 3 is 2.39 bits per heavy atom. The quantitative estimate of drug-likeness (QED) is 0.211. The van der Waals surface area contributed by atoms with Crippen molar-refractivity contribution in [1.82, 2.24) is 14.6 Å². The molecule has 0 atom stereocenters. The first-order chi connectivity index (χ1) is 21.8. The van der Waals surface area contributed by atoms with Crippen molar-refractivity contribution < 1.29 is 34.9 Å². The van der Waals surface area contributed by atoms with Crippen molar-refractivity contribution in [1.29, 1.82) is 5.26 Å². The number of nitriles is 1. The first kappa shape index (κ1) is 32.6. The standard InChI is InChI=1S/C31H30FN5O7S2/c1-5-14-37(46(41,42)31-35-28-21(18-33)7-6-8-25(28)44-31)15-13-20-16-23-26(17-24(20)36(3)45(4,39)40)43-29(27(23)30(38)34-2)19-9-11-22(32)12-10-19/h6-12,16-17H,5,13-15H2,1-4H3,(H,34,38). The van der Waals surface area contributed by atoms with Crippen molar-refractivity contribution in [2.45, 2.75) is 25.0 Å². The number of hydrogen-bond acceptors (Lipinski definition) is 9. The lowest BCUT2D eigenvalue weighted by molar-refractivity contribution is 0.0964. The lowest BCUT2D eigenvalue weighted by Gasteiger charge is -2.23. The van der Waals surface area contributed by atoms with Gasteiger partial charge in [-0.05, 0) is 60.9 Å². The SMILES string of the molecule is CCCN(CCc1cc2c(C(=O)NC)c(-c3ccc(F)cc3)oc2cc1N(C)S(C)(=O)=O)S(=O)(=O)c1nc2c(C#N)cccc2o1. The number of halogens is 1. The Kier molecular flexibility index (Phi) is 8.89. The largest absolute Gasteiger partial charge is 0.455 e. The summed E-state index contributed by atoms with van der Waals surface area (Å²) in [7, 11) is -5.26. The number of aromatic nitrogens is 1. The minimum Gasteiger partial charge on any atom is -0.455 e. The third-order valence-electron chi connectivity index (χ3n) is 7.47. The first-order valence-electron chi connectivity index (χ1n) is 14.1. The summed E-state index contributed by atoms with van der Waals surface area (Å²) in [6, 6.07) is 15.0. The van der Waals surface area contributed by atoms with E-state index in [1.807, 2.05) is 6.07 Å². The highest BCUT2D eigenvalue weighted by Crippen LogP contribution is 2.38. The first-order valence-corrected chi connectivity index (χ1v) is 17.4. The minimum atomic E-state index is -4.28. The van der Waals surface area contributed by atoms with E-state index < -0.39 is 37.0 Å². The molecule has 46 heavy (non-hydrogen) atoms. The number of carbonyl (C=O) groups excluding carboxylic acids is 1. The molecular formula is C31H30FN5O7S2. The molecule has 0 aliphatic rings. The van der Waals surface area contributed by atoms with Crippen molar-refractivity contribution >= 4 is 53.7 Å². The van der Waals surface area contributed by atoms with Crippen molar-refractivity contribution in [2.24, 2.45) is 0 Å². The van der Waals surface area contributed by atoms with E-state index in [4.69, 9.17) is 8.83 Å². The van der Waals surface area contributed by atoms with Crippen LogP contribution in [0.5, 0.6) is 0 Å². The van der Waals surface area contributed by atoms with Crippen molar-refractivity contribution in [3.8, 4) is 17.4 Å². The molecule has 240 valence electrons. The molecule has 0 bridgehead atoms. The Hall–Kier alpha value is -4.78. The van der Waals surface area contributed by atoms with Crippen LogP contribution in [0.25, 0.3) is 33.4 Å². The van der Waals surface area contributed by atoms with Crippen LogP contribution in [-0.2, 0) is 26.5 Å². The molecule has 5 rings (SSSR count). The monoisotopic (exact) mass is 667 g/mol. The summed E-state index contributed by atoms with van der Waals surface area (Å²) in [5.74, 6) is -0.811. The Bertz CT molecular complexity index is 2220. The number of nitrogens with one attached hydrogen (secondary N) is 1. The van der Waals surface area contributed by atoms with Crippen LogP contribution in [0.4, 0.5) is 10.1 Å². The fourth-order valence-electron chi connectivity index (χ4n) is 5.09. The zero-order valence-electron chi connectivity index (χ0n) is 25.4. The Balaban J connectivity index is 1.62. The number of sulfonamides is 2. The number of para-hydroxylation sites is 1. The number of benzene rings is 3. The summed E-state index contributed by atoms with van der Waals surface area (Å²) in [6.45, 7) is 1.79. The van der Waals surface area contributed by atoms with Gasteiger partial charge < -0.3 is 14.2 Å². The second-order valence-corrected chi connectivity index (χ2v) is 14.3. The maximum atomic E-state index is 13.8. The van der Waals surface area contributed by atoms with Gasteiger partial charge in [-0.2, -0.15) is 14.6 Å². The molecule has 2 heterocycles. The van der Waals surface area contributed by atoms with Crippen LogP contribution < -0.4 is 9.62 Å². The molecule has 0 aliphatic heterocycles. The van der Waals surface area contributed by atoms with Gasteiger partial charge in [0.1, 0.15) is 28.7 Å². The molecule has 15 heteroatoms. The van der Waals surface area contributed by atoms with Gasteiger partial charge in [-0.25, -0.2) is 21.2 Å². The number of fused-ring (bicyclic) bond motifs is 2. The maximum absolute atomic E-state index is 13.8. The number of amides is 1. The summed E-state index contributed by atoms with van der Waals surface area (Å²) >= 11 is 0. The van der Waals surface area contributed by atoms with E-state index in [0.717, 1.165) is 10.6 Å². The number of nitrogens with zero attached hydrogens (tertiary/aromatic N) is 4. The molecule has 0 saturated heterocycles. The fraction of sp³-hybridized carbons (Fsp3) is 0.258. The molecule has 0 spiro atoms. The maximum Gasteiger partial charge on any atom is 0.332 e. The molecule has 0 saturated carbocycles. The lowest BCUT2D eigenvalue weighted by Crippen LogP contribution is -2.34. The van der Waals surface area contributed by atoms with Crippen LogP contribution in [0.1, 0.15) is 34.8 Å². The predicted molar refractivity (Wildman–Crippen MR) is 170 cm³/mol. The molecule has 2 aromatic heterocycles. The average Bonchev–Trinajstić information content (AvgIpc) is 3.64. The number of furan rings is 1. The van der Waals surface area contributed by atoms with E-state index in [0.29, 0.717) is 22.9 Å². The molecule has 1 amide bonds. The second kappa shape index (κ2) is 12.5. The highest BCUT2D eigenvalue weighted by atomic mass is 32.2. The van der Waals surface area contributed by atoms with Gasteiger partial charge in [0.25, 0.3) is 15.9 Å². The Labute approximate surface area is 265 Å². The summed E-state index contributed by atoms with van der Waals surface area (Å²) < 4.78 is 80.4. The summed E-state index contributed by atoms with van der Waals surface area (Å²) in [5, 5.41) is 11.8. The van der Waals surface area contributed by atoms with Crippen molar-refractivity contribution in [3.63, 3.8) is 0 Å². The zero-order valence-corrected chi connectivity index (χ0v) is 27.0. The molecule has 0 radical (unpaired) electrons. The minimum absolute atomic E-state index is 0.0261. The Morgan fingerprint density at radius 2 is 1.76 bits per heavy atom. The van der Waals surface area contributed by atoms with Gasteiger partial charge in [-0.15, -0.1) is 0 Å². The van der Waals surface area contributed by atoms with Crippen molar-refractivity contribution in [2.75, 3.05) is 37.7 Å². The van der Waals surface area contributed by atoms with Crippen LogP contribution in [0.15, 0.2) is 68.7 Å². The molecule has 0 aliphatic carbocycles. The zero-order chi connectivity index (χ0) is 33.4. The molecule has 1 N–H and O–H groups in total. The van der Waals surface area contributed by atoms with Crippen LogP contribution in [-0.4, -0.2) is 65.5 Å². The molecule has 0 fully saturated rings. The number of hydrogen-bond donors (Lipinski definition) is 1. The summed E-state index contributed by atoms with van der Waals surface area (Å²) in [5.41, 5.74) is 1.84. The average molecular weight is 668 g/mol. The third kappa shape index (κ3) is 6.06. The van der Waals surface area contributed by atoms with E-state index in [1.165, 1.54) is 60.9 Å². The molecule has 12 nitrogen and oxygen atoms in total. The molecule has 5 aromatic rings. The van der Waals surface area contributed by atoms with E-state index in [1.54, 1.807) is 19.1 Å². The number of oxazole rings is 1. The normalized spacial score (nSPS) is 12.1. The lowest BCUT2D eigenvalue weighted by atomic mass is 10.0. The highest BCUT2D eigenvalue weighted by molar-refractivity contribution is 7.92. The van der Waals surface area contributed by atoms with E-state index in [-0.39, 0.29) is 58.8 Å². The van der Waals surface area contributed by atoms with Crippen LogP contribution in [0.3, 0.4) is 0 Å². The predicted octanol–water partition coefficient (Wildman–Crippen LogP) is 4.65. The van der Waals surface area contributed by atoms with Gasteiger partial charge in [0, 0.05) is 44.2 Å². The molecule has 0 unspecified atom stereocenters. The second-order valence-electron chi connectivity index (χ2n) is 10.5. The van der Waals surface area contributed by atoms with E-state index >= 15 is 0 Å². The number of rotatable bonds is 11. The van der Waals surface area contributed by atoms with E-state index in [2.05, 4.69) is 10.3 Å². The Morgan fingerprint density at radius 1 is 1.04 bits per heavy atom. The van der Waals surface area contributed by atoms with Gasteiger partial charge in [-0.1, -0.05) is 13.0 Å². The number of carbonyl (C=O) groups is 1. The van der Waals surface area contributed by atoms with Gasteiger partial charge in [0.05, 0.1) is 23.1 Å². The highest BCUT2D eigenvalue weighted by Gasteiger charge is 2.31. The third-order valence-corrected chi connectivity index (χ3v) is 10.3. The number of anilines is 1. The summed E-state index contributed by atoms with van der Waals surface area (Å²) in [6.07, 6.45) is 1.50. The van der Waals surface area contributed by atoms with Gasteiger partial charge >= 0.3 is 5.22 Å². The fourth-order valence-corrected chi connectivity index (χ4v) is 6.99. The van der Waals surface area contributed by atoms with E-state index in [9.17, 15) is 31.3 Å². The molecule has 3 aromatic carbocycles. The molecular weight excluding hydrogens is 638 g/mol. The van der Waals surface area contributed by atoms with Crippen LogP contribution in [0.2, 0.25) is 0 Å². The van der Waals surface area contributed by atoms with Crippen LogP contribution in [0, 0.1) is 17.1 Å². The topological polar surface area (TPSA) is 167 Å².